The zero-order chi connectivity index (χ0) is 16.8. The topological polar surface area (TPSA) is 51.4 Å². The van der Waals surface area contributed by atoms with Crippen LogP contribution in [0.3, 0.4) is 0 Å². The Morgan fingerprint density at radius 2 is 1.83 bits per heavy atom. The average molecular weight is 331 g/mol. The average Bonchev–Trinajstić information content (AvgIpc) is 2.92. The highest BCUT2D eigenvalue weighted by atomic mass is 19.1. The third kappa shape index (κ3) is 2.54. The lowest BCUT2D eigenvalue weighted by molar-refractivity contribution is 0.0327. The second-order valence-electron chi connectivity index (χ2n) is 7.38. The van der Waals surface area contributed by atoms with Crippen molar-refractivity contribution in [3.63, 3.8) is 0 Å². The molecule has 1 aromatic carbocycles. The van der Waals surface area contributed by atoms with E-state index in [1.54, 1.807) is 0 Å². The molecule has 0 N–H and O–H groups in total. The summed E-state index contributed by atoms with van der Waals surface area (Å²) < 4.78 is 24.3. The van der Waals surface area contributed by atoms with Crippen LogP contribution in [0.5, 0.6) is 0 Å². The molecule has 0 amide bonds. The van der Waals surface area contributed by atoms with Gasteiger partial charge >= 0.3 is 0 Å². The third-order valence-electron chi connectivity index (χ3n) is 5.38. The number of hydrogen-bond acceptors (Lipinski definition) is 5. The number of benzene rings is 1. The number of ether oxygens (including phenoxy) is 1. The van der Waals surface area contributed by atoms with E-state index in [0.717, 1.165) is 38.3 Å². The Morgan fingerprint density at radius 1 is 1.17 bits per heavy atom. The zero-order valence-corrected chi connectivity index (χ0v) is 14.1. The molecule has 0 spiro atoms. The van der Waals surface area contributed by atoms with Crippen LogP contribution in [-0.4, -0.2) is 41.3 Å². The van der Waals surface area contributed by atoms with Crippen LogP contribution >= 0.6 is 0 Å². The molecule has 4 rings (SSSR count). The number of nitrogens with zero attached hydrogens (tertiary/aromatic N) is 3. The Hall–Kier alpha value is -1.79. The molecular weight excluding hydrogens is 309 g/mol. The number of halogens is 1. The van der Waals surface area contributed by atoms with Crippen LogP contribution in [0.4, 0.5) is 4.39 Å². The molecular formula is C18H22FN3O2. The van der Waals surface area contributed by atoms with Crippen LogP contribution < -0.4 is 0 Å². The summed E-state index contributed by atoms with van der Waals surface area (Å²) in [5.74, 6) is 1.12. The molecule has 1 aliphatic heterocycles. The molecule has 128 valence electrons. The van der Waals surface area contributed by atoms with Crippen molar-refractivity contribution in [2.24, 2.45) is 5.41 Å². The van der Waals surface area contributed by atoms with Gasteiger partial charge in [-0.3, -0.25) is 4.90 Å². The molecule has 1 saturated carbocycles. The van der Waals surface area contributed by atoms with E-state index in [-0.39, 0.29) is 16.6 Å². The highest BCUT2D eigenvalue weighted by Crippen LogP contribution is 2.67. The summed E-state index contributed by atoms with van der Waals surface area (Å²) in [6.07, 6.45) is 0.921. The molecule has 6 heteroatoms. The predicted octanol–water partition coefficient (Wildman–Crippen LogP) is 2.76. The molecule has 1 atom stereocenters. The van der Waals surface area contributed by atoms with Crippen LogP contribution in [-0.2, 0) is 16.7 Å². The first-order valence-corrected chi connectivity index (χ1v) is 8.40. The fraction of sp³-hybridized carbons (Fsp3) is 0.556. The fourth-order valence-electron chi connectivity index (χ4n) is 3.79. The SMILES string of the molecule is CC1(C)CC1(c1ccc(F)cc1)c1nc(CN2CCOCC2)no1. The van der Waals surface area contributed by atoms with Gasteiger partial charge in [-0.1, -0.05) is 31.1 Å². The van der Waals surface area contributed by atoms with Crippen molar-refractivity contribution in [2.75, 3.05) is 26.3 Å². The van der Waals surface area contributed by atoms with Gasteiger partial charge in [0.1, 0.15) is 5.82 Å². The summed E-state index contributed by atoms with van der Waals surface area (Å²) in [6, 6.07) is 6.65. The summed E-state index contributed by atoms with van der Waals surface area (Å²) >= 11 is 0. The lowest BCUT2D eigenvalue weighted by Gasteiger charge is -2.24. The van der Waals surface area contributed by atoms with Gasteiger partial charge in [-0.05, 0) is 29.5 Å². The van der Waals surface area contributed by atoms with Crippen molar-refractivity contribution in [3.05, 3.63) is 47.4 Å². The van der Waals surface area contributed by atoms with Crippen LogP contribution in [0.2, 0.25) is 0 Å². The minimum absolute atomic E-state index is 0.0214. The van der Waals surface area contributed by atoms with Gasteiger partial charge in [-0.15, -0.1) is 0 Å². The summed E-state index contributed by atoms with van der Waals surface area (Å²) in [5, 5.41) is 4.18. The van der Waals surface area contributed by atoms with E-state index in [0.29, 0.717) is 18.3 Å². The van der Waals surface area contributed by atoms with E-state index in [2.05, 4.69) is 28.9 Å². The Balaban J connectivity index is 1.60. The summed E-state index contributed by atoms with van der Waals surface area (Å²) in [4.78, 5) is 6.94. The van der Waals surface area contributed by atoms with Crippen molar-refractivity contribution in [1.82, 2.24) is 15.0 Å². The monoisotopic (exact) mass is 331 g/mol. The van der Waals surface area contributed by atoms with Crippen molar-refractivity contribution >= 4 is 0 Å². The first-order valence-electron chi connectivity index (χ1n) is 8.40. The second kappa shape index (κ2) is 5.63. The molecule has 5 nitrogen and oxygen atoms in total. The quantitative estimate of drug-likeness (QED) is 0.862. The van der Waals surface area contributed by atoms with Gasteiger partial charge in [-0.25, -0.2) is 4.39 Å². The van der Waals surface area contributed by atoms with E-state index >= 15 is 0 Å². The summed E-state index contributed by atoms with van der Waals surface area (Å²) in [5.41, 5.74) is 0.750. The molecule has 0 radical (unpaired) electrons. The lowest BCUT2D eigenvalue weighted by Crippen LogP contribution is -2.36. The smallest absolute Gasteiger partial charge is 0.237 e. The van der Waals surface area contributed by atoms with Crippen LogP contribution in [0.1, 0.15) is 37.5 Å². The highest BCUT2D eigenvalue weighted by molar-refractivity contribution is 5.43. The fourth-order valence-corrected chi connectivity index (χ4v) is 3.79. The molecule has 2 fully saturated rings. The first-order chi connectivity index (χ1) is 11.5. The molecule has 24 heavy (non-hydrogen) atoms. The normalized spacial score (nSPS) is 26.5. The predicted molar refractivity (Wildman–Crippen MR) is 86.0 cm³/mol. The maximum atomic E-state index is 13.3. The minimum Gasteiger partial charge on any atom is -0.379 e. The number of rotatable bonds is 4. The van der Waals surface area contributed by atoms with Crippen molar-refractivity contribution < 1.29 is 13.7 Å². The number of aromatic nitrogens is 2. The summed E-state index contributed by atoms with van der Waals surface area (Å²) in [6.45, 7) is 8.31. The van der Waals surface area contributed by atoms with Crippen LogP contribution in [0.15, 0.2) is 28.8 Å². The van der Waals surface area contributed by atoms with Crippen LogP contribution in [0, 0.1) is 11.2 Å². The molecule has 1 aromatic heterocycles. The van der Waals surface area contributed by atoms with E-state index < -0.39 is 0 Å². The molecule has 1 aliphatic carbocycles. The van der Waals surface area contributed by atoms with Crippen molar-refractivity contribution in [2.45, 2.75) is 32.2 Å². The van der Waals surface area contributed by atoms with E-state index in [1.807, 2.05) is 12.1 Å². The van der Waals surface area contributed by atoms with E-state index in [9.17, 15) is 4.39 Å². The largest absolute Gasteiger partial charge is 0.379 e. The number of morpholine rings is 1. The Kier molecular flexibility index (Phi) is 3.69. The molecule has 2 heterocycles. The Labute approximate surface area is 140 Å². The van der Waals surface area contributed by atoms with Crippen molar-refractivity contribution in [3.8, 4) is 0 Å². The second-order valence-corrected chi connectivity index (χ2v) is 7.38. The van der Waals surface area contributed by atoms with Crippen LogP contribution in [0.25, 0.3) is 0 Å². The molecule has 1 saturated heterocycles. The molecule has 2 aliphatic rings. The number of hydrogen-bond donors (Lipinski definition) is 0. The highest BCUT2D eigenvalue weighted by Gasteiger charge is 2.66. The molecule has 1 unspecified atom stereocenters. The van der Waals surface area contributed by atoms with Gasteiger partial charge in [0.15, 0.2) is 5.82 Å². The van der Waals surface area contributed by atoms with Gasteiger partial charge in [-0.2, -0.15) is 4.98 Å². The maximum Gasteiger partial charge on any atom is 0.237 e. The van der Waals surface area contributed by atoms with Gasteiger partial charge in [0.25, 0.3) is 0 Å². The molecule has 2 aromatic rings. The first kappa shape index (κ1) is 15.7. The van der Waals surface area contributed by atoms with Gasteiger partial charge in [0, 0.05) is 13.1 Å². The van der Waals surface area contributed by atoms with Gasteiger partial charge in [0.2, 0.25) is 5.89 Å². The van der Waals surface area contributed by atoms with Gasteiger partial charge < -0.3 is 9.26 Å². The summed E-state index contributed by atoms with van der Waals surface area (Å²) in [7, 11) is 0. The van der Waals surface area contributed by atoms with E-state index in [4.69, 9.17) is 9.26 Å². The third-order valence-corrected chi connectivity index (χ3v) is 5.38. The van der Waals surface area contributed by atoms with Gasteiger partial charge in [0.05, 0.1) is 25.2 Å². The Bertz CT molecular complexity index is 722. The Morgan fingerprint density at radius 3 is 2.46 bits per heavy atom. The molecule has 0 bridgehead atoms. The van der Waals surface area contributed by atoms with Crippen molar-refractivity contribution in [1.29, 1.82) is 0 Å². The zero-order valence-electron chi connectivity index (χ0n) is 14.1. The minimum atomic E-state index is -0.309. The lowest BCUT2D eigenvalue weighted by atomic mass is 9.87. The maximum absolute atomic E-state index is 13.3. The standard InChI is InChI=1S/C18H22FN3O2/c1-17(2)12-18(17,13-3-5-14(19)6-4-13)16-20-15(21-24-16)11-22-7-9-23-10-8-22/h3-6H,7-12H2,1-2H3. The van der Waals surface area contributed by atoms with E-state index in [1.165, 1.54) is 12.1 Å².